The Hall–Kier alpha value is -7.22. The monoisotopic (exact) mass is 1040 g/mol. The largest absolute Gasteiger partial charge is 0.508 e. The summed E-state index contributed by atoms with van der Waals surface area (Å²) in [4.78, 5) is 132. The van der Waals surface area contributed by atoms with Gasteiger partial charge in [-0.25, -0.2) is 4.79 Å². The van der Waals surface area contributed by atoms with Gasteiger partial charge in [0.25, 0.3) is 0 Å². The van der Waals surface area contributed by atoms with Gasteiger partial charge >= 0.3 is 11.9 Å². The molecule has 0 radical (unpaired) electrons. The molecule has 74 heavy (non-hydrogen) atoms. The third kappa shape index (κ3) is 21.5. The maximum absolute atomic E-state index is 14.0. The second kappa shape index (κ2) is 32.1. The Morgan fingerprint density at radius 3 is 1.50 bits per heavy atom. The zero-order chi connectivity index (χ0) is 55.7. The van der Waals surface area contributed by atoms with E-state index in [0.717, 1.165) is 0 Å². The van der Waals surface area contributed by atoms with E-state index >= 15 is 0 Å². The Morgan fingerprint density at radius 2 is 0.986 bits per heavy atom. The van der Waals surface area contributed by atoms with Crippen molar-refractivity contribution in [1.82, 2.24) is 42.5 Å². The smallest absolute Gasteiger partial charge is 0.326 e. The van der Waals surface area contributed by atoms with Gasteiger partial charge in [-0.2, -0.15) is 0 Å². The number of aliphatic carboxylic acids is 2. The summed E-state index contributed by atoms with van der Waals surface area (Å²) in [6.07, 6.45) is -0.448. The average molecular weight is 1040 g/mol. The number of aromatic hydroxyl groups is 1. The number of nitrogens with two attached hydrogens (primary N) is 2. The molecular formula is C49H74N10O15. The zero-order valence-electron chi connectivity index (χ0n) is 42.3. The summed E-state index contributed by atoms with van der Waals surface area (Å²) < 4.78 is 0. The van der Waals surface area contributed by atoms with Crippen molar-refractivity contribution in [2.45, 2.75) is 140 Å². The zero-order valence-corrected chi connectivity index (χ0v) is 42.3. The molecule has 0 spiro atoms. The second-order valence-electron chi connectivity index (χ2n) is 18.2. The topological polar surface area (TPSA) is 420 Å². The van der Waals surface area contributed by atoms with E-state index in [4.69, 9.17) is 11.5 Å². The number of phenols is 1. The van der Waals surface area contributed by atoms with Gasteiger partial charge in [0.1, 0.15) is 54.1 Å². The van der Waals surface area contributed by atoms with Gasteiger partial charge < -0.3 is 79.5 Å². The Morgan fingerprint density at radius 1 is 0.527 bits per heavy atom. The molecule has 17 N–H and O–H groups in total. The molecule has 25 heteroatoms. The highest BCUT2D eigenvalue weighted by molar-refractivity contribution is 5.98. The Balaban J connectivity index is 2.25. The second-order valence-corrected chi connectivity index (χ2v) is 18.2. The third-order valence-electron chi connectivity index (χ3n) is 12.0. The van der Waals surface area contributed by atoms with Crippen LogP contribution >= 0.6 is 0 Å². The van der Waals surface area contributed by atoms with Crippen LogP contribution in [0, 0.1) is 11.8 Å². The Bertz CT molecular complexity index is 2200. The van der Waals surface area contributed by atoms with Crippen molar-refractivity contribution in [3.05, 3.63) is 65.7 Å². The molecular weight excluding hydrogens is 969 g/mol. The molecule has 25 nitrogen and oxygen atoms in total. The Kier molecular flexibility index (Phi) is 27.3. The summed E-state index contributed by atoms with van der Waals surface area (Å²) in [6.45, 7) is 6.42. The standard InChI is InChI=1S/C49H74N10O15/c1-6-27(4)40(59-47(71)39(51)26(2)3)48(72)55-34(22-29-12-8-7-9-13-29)44(68)58-37(25-61)46(70)53-32(14-10-11-21-50)42(66)52-28(5)41(65)57-36(24-60)45(69)54-33(19-20-38(63)64)43(67)56-35(49(73)74)23-30-15-17-31(62)18-16-30/h7-9,12-13,15-18,26-28,32-37,39-40,60-62H,6,10-11,14,19-25,50-51H2,1-5H3,(H,52,66)(H,53,70)(H,54,69)(H,55,72)(H,56,67)(H,57,65)(H,58,68)(H,59,71)(H,63,64)(H,73,74)/t27-,28-,32-,33-,34-,35-,36-,37-,39-,40-/m0/s1. The molecule has 0 unspecified atom stereocenters. The van der Waals surface area contributed by atoms with E-state index in [1.54, 1.807) is 51.1 Å². The summed E-state index contributed by atoms with van der Waals surface area (Å²) in [7, 11) is 0. The van der Waals surface area contributed by atoms with Crippen LogP contribution in [0.15, 0.2) is 54.6 Å². The number of amides is 8. The van der Waals surface area contributed by atoms with E-state index in [2.05, 4.69) is 42.5 Å². The van der Waals surface area contributed by atoms with Crippen molar-refractivity contribution in [3.63, 3.8) is 0 Å². The van der Waals surface area contributed by atoms with Crippen molar-refractivity contribution in [1.29, 1.82) is 0 Å². The number of phenolic OH excluding ortho intramolecular Hbond substituents is 1. The fourth-order valence-corrected chi connectivity index (χ4v) is 7.09. The van der Waals surface area contributed by atoms with Crippen LogP contribution in [0.4, 0.5) is 0 Å². The highest BCUT2D eigenvalue weighted by Gasteiger charge is 2.35. The molecule has 2 aromatic carbocycles. The van der Waals surface area contributed by atoms with Crippen LogP contribution in [0.1, 0.15) is 84.3 Å². The first-order chi connectivity index (χ1) is 35.0. The first kappa shape index (κ1) is 62.9. The lowest BCUT2D eigenvalue weighted by molar-refractivity contribution is -0.143. The van der Waals surface area contributed by atoms with Crippen LogP contribution < -0.4 is 54.0 Å². The quantitative estimate of drug-likeness (QED) is 0.0320. The molecule has 2 rings (SSSR count). The van der Waals surface area contributed by atoms with Crippen LogP contribution in [-0.4, -0.2) is 159 Å². The molecule has 0 aliphatic rings. The number of aliphatic hydroxyl groups excluding tert-OH is 2. The van der Waals surface area contributed by atoms with Gasteiger partial charge in [0.05, 0.1) is 19.3 Å². The molecule has 0 aromatic heterocycles. The maximum Gasteiger partial charge on any atom is 0.326 e. The lowest BCUT2D eigenvalue weighted by Gasteiger charge is -2.29. The van der Waals surface area contributed by atoms with Crippen molar-refractivity contribution in [2.75, 3.05) is 19.8 Å². The fraction of sp³-hybridized carbons (Fsp3) is 0.551. The lowest BCUT2D eigenvalue weighted by atomic mass is 9.96. The molecule has 8 amide bonds. The van der Waals surface area contributed by atoms with E-state index in [9.17, 15) is 73.5 Å². The van der Waals surface area contributed by atoms with E-state index in [1.165, 1.54) is 31.2 Å². The minimum absolute atomic E-state index is 0.0514. The number of rotatable bonds is 33. The maximum atomic E-state index is 14.0. The molecule has 410 valence electrons. The molecule has 10 atom stereocenters. The van der Waals surface area contributed by atoms with Gasteiger partial charge in [0.2, 0.25) is 47.3 Å². The van der Waals surface area contributed by atoms with E-state index in [-0.39, 0.29) is 43.9 Å². The van der Waals surface area contributed by atoms with Gasteiger partial charge in [-0.15, -0.1) is 0 Å². The predicted octanol–water partition coefficient (Wildman–Crippen LogP) is -2.83. The average Bonchev–Trinajstić information content (AvgIpc) is 3.36. The minimum Gasteiger partial charge on any atom is -0.508 e. The van der Waals surface area contributed by atoms with Gasteiger partial charge in [-0.1, -0.05) is 76.6 Å². The number of aliphatic hydroxyl groups is 2. The highest BCUT2D eigenvalue weighted by Crippen LogP contribution is 2.14. The SMILES string of the molecule is CC[C@H](C)[C@H](NC(=O)[C@@H](N)C(C)C)C(=O)N[C@@H](Cc1ccccc1)C(=O)N[C@@H](CO)C(=O)N[C@@H](CCCCN)C(=O)N[C@@H](C)C(=O)N[C@@H](CO)C(=O)N[C@@H](CCC(=O)O)C(=O)N[C@@H](Cc1ccc(O)cc1)C(=O)O. The van der Waals surface area contributed by atoms with Crippen LogP contribution in [0.3, 0.4) is 0 Å². The number of carbonyl (C=O) groups excluding carboxylic acids is 8. The molecule has 0 saturated carbocycles. The van der Waals surface area contributed by atoms with Crippen LogP contribution in [-0.2, 0) is 60.8 Å². The predicted molar refractivity (Wildman–Crippen MR) is 267 cm³/mol. The van der Waals surface area contributed by atoms with Crippen LogP contribution in [0.2, 0.25) is 0 Å². The molecule has 0 fully saturated rings. The fourth-order valence-electron chi connectivity index (χ4n) is 7.09. The van der Waals surface area contributed by atoms with E-state index < -0.39 is 146 Å². The summed E-state index contributed by atoms with van der Waals surface area (Å²) in [5.74, 6) is -11.0. The van der Waals surface area contributed by atoms with Gasteiger partial charge in [0.15, 0.2) is 0 Å². The molecule has 0 aliphatic heterocycles. The van der Waals surface area contributed by atoms with Crippen molar-refractivity contribution in [3.8, 4) is 5.75 Å². The van der Waals surface area contributed by atoms with E-state index in [1.807, 2.05) is 6.92 Å². The minimum atomic E-state index is -1.79. The van der Waals surface area contributed by atoms with Gasteiger partial charge in [-0.05, 0) is 74.2 Å². The third-order valence-corrected chi connectivity index (χ3v) is 12.0. The van der Waals surface area contributed by atoms with Crippen molar-refractivity contribution in [2.24, 2.45) is 23.3 Å². The molecule has 0 heterocycles. The number of carboxylic acid groups (broad SMARTS) is 2. The number of carbonyl (C=O) groups is 10. The summed E-state index contributed by atoms with van der Waals surface area (Å²) in [6, 6.07) is 1.06. The summed E-state index contributed by atoms with van der Waals surface area (Å²) in [5, 5.41) is 68.4. The molecule has 0 aliphatic carbocycles. The van der Waals surface area contributed by atoms with Gasteiger partial charge in [0, 0.05) is 19.3 Å². The van der Waals surface area contributed by atoms with Crippen LogP contribution in [0.25, 0.3) is 0 Å². The molecule has 0 bridgehead atoms. The van der Waals surface area contributed by atoms with Crippen LogP contribution in [0.5, 0.6) is 5.75 Å². The number of unbranched alkanes of at least 4 members (excludes halogenated alkanes) is 1. The molecule has 2 aromatic rings. The number of hydrogen-bond acceptors (Lipinski definition) is 15. The Labute approximate surface area is 429 Å². The van der Waals surface area contributed by atoms with E-state index in [0.29, 0.717) is 24.0 Å². The first-order valence-electron chi connectivity index (χ1n) is 24.3. The number of nitrogens with one attached hydrogen (secondary N) is 8. The van der Waals surface area contributed by atoms with Crippen molar-refractivity contribution >= 4 is 59.2 Å². The summed E-state index contributed by atoms with van der Waals surface area (Å²) in [5.41, 5.74) is 12.7. The molecule has 0 saturated heterocycles. The number of carboxylic acids is 2. The summed E-state index contributed by atoms with van der Waals surface area (Å²) >= 11 is 0. The van der Waals surface area contributed by atoms with Crippen molar-refractivity contribution < 1.29 is 73.5 Å². The number of hydrogen-bond donors (Lipinski definition) is 15. The van der Waals surface area contributed by atoms with Gasteiger partial charge in [-0.3, -0.25) is 43.2 Å². The number of benzene rings is 2. The first-order valence-corrected chi connectivity index (χ1v) is 24.3. The highest BCUT2D eigenvalue weighted by atomic mass is 16.4. The lowest BCUT2D eigenvalue weighted by Crippen LogP contribution is -2.61. The normalized spacial score (nSPS) is 15.2.